The Balaban J connectivity index is 1.78. The molecule has 10 nitrogen and oxygen atoms in total. The number of methoxy groups -OCH3 is 1. The number of aryl methyl sites for hydroxylation is 2. The Kier molecular flexibility index (Phi) is 7.99. The lowest BCUT2D eigenvalue weighted by molar-refractivity contribution is -0.149. The first-order chi connectivity index (χ1) is 20.3. The number of carboxylic acid groups (broad SMARTS) is 1. The van der Waals surface area contributed by atoms with Crippen LogP contribution in [0.2, 0.25) is 0 Å². The van der Waals surface area contributed by atoms with E-state index in [4.69, 9.17) is 9.47 Å². The third-order valence-corrected chi connectivity index (χ3v) is 7.21. The number of benzene rings is 3. The molecule has 2 N–H and O–H groups in total. The van der Waals surface area contributed by atoms with Gasteiger partial charge < -0.3 is 14.6 Å². The third kappa shape index (κ3) is 5.19. The number of carboxylic acids is 1. The lowest BCUT2D eigenvalue weighted by Crippen LogP contribution is -2.58. The van der Waals surface area contributed by atoms with E-state index < -0.39 is 35.5 Å². The summed E-state index contributed by atoms with van der Waals surface area (Å²) in [5, 5.41) is 14.0. The topological polar surface area (TPSA) is 131 Å². The highest BCUT2D eigenvalue weighted by molar-refractivity contribution is 6.03. The van der Waals surface area contributed by atoms with Gasteiger partial charge in [-0.2, -0.15) is 0 Å². The molecule has 0 saturated heterocycles. The van der Waals surface area contributed by atoms with Crippen LogP contribution in [0.25, 0.3) is 0 Å². The van der Waals surface area contributed by atoms with Crippen LogP contribution in [0.4, 0.5) is 5.69 Å². The van der Waals surface area contributed by atoms with Gasteiger partial charge in [-0.25, -0.2) is 19.6 Å². The van der Waals surface area contributed by atoms with Crippen LogP contribution >= 0.6 is 0 Å². The van der Waals surface area contributed by atoms with Crippen LogP contribution in [0.15, 0.2) is 91.0 Å². The zero-order chi connectivity index (χ0) is 29.9. The van der Waals surface area contributed by atoms with Crippen molar-refractivity contribution in [2.24, 2.45) is 0 Å². The van der Waals surface area contributed by atoms with Crippen LogP contribution in [0.5, 0.6) is 6.01 Å². The molecule has 0 saturated carbocycles. The molecule has 1 amide bonds. The van der Waals surface area contributed by atoms with E-state index in [2.05, 4.69) is 15.3 Å². The average Bonchev–Trinajstić information content (AvgIpc) is 3.11. The number of carbonyl (C=O) groups excluding carboxylic acids is 2. The summed E-state index contributed by atoms with van der Waals surface area (Å²) in [6, 6.07) is 25.1. The average molecular weight is 567 g/mol. The number of amides is 1. The minimum absolute atomic E-state index is 0.112. The van der Waals surface area contributed by atoms with Crippen molar-refractivity contribution in [1.29, 1.82) is 0 Å². The molecule has 2 heterocycles. The lowest BCUT2D eigenvalue weighted by atomic mass is 9.77. The maximum Gasteiger partial charge on any atom is 0.347 e. The van der Waals surface area contributed by atoms with Gasteiger partial charge in [-0.05, 0) is 37.1 Å². The summed E-state index contributed by atoms with van der Waals surface area (Å²) in [5.74, 6) is -2.42. The summed E-state index contributed by atoms with van der Waals surface area (Å²) in [4.78, 5) is 50.5. The number of fused-ring (bicyclic) bond motifs is 1. The number of hydrogen-bond donors (Lipinski definition) is 2. The molecule has 0 radical (unpaired) electrons. The van der Waals surface area contributed by atoms with E-state index in [0.29, 0.717) is 33.8 Å². The number of para-hydroxylation sites is 1. The van der Waals surface area contributed by atoms with E-state index in [1.165, 1.54) is 12.0 Å². The van der Waals surface area contributed by atoms with Crippen molar-refractivity contribution in [1.82, 2.24) is 15.3 Å². The van der Waals surface area contributed by atoms with Crippen LogP contribution in [-0.4, -0.2) is 52.7 Å². The first-order valence-electron chi connectivity index (χ1n) is 13.3. The molecular weight excluding hydrogens is 536 g/mol. The molecule has 4 aromatic rings. The third-order valence-electron chi connectivity index (χ3n) is 7.21. The quantitative estimate of drug-likeness (QED) is 0.306. The maximum atomic E-state index is 14.0. The molecule has 214 valence electrons. The molecule has 3 atom stereocenters. The zero-order valence-electron chi connectivity index (χ0n) is 23.4. The molecule has 1 unspecified atom stereocenters. The predicted molar refractivity (Wildman–Crippen MR) is 154 cm³/mol. The summed E-state index contributed by atoms with van der Waals surface area (Å²) in [6.45, 7) is 3.19. The van der Waals surface area contributed by atoms with Crippen LogP contribution in [0, 0.1) is 13.8 Å². The molecule has 10 heteroatoms. The largest absolute Gasteiger partial charge is 0.478 e. The Morgan fingerprint density at radius 2 is 1.52 bits per heavy atom. The number of aliphatic carboxylic acids is 1. The van der Waals surface area contributed by atoms with Crippen molar-refractivity contribution in [3.05, 3.63) is 119 Å². The van der Waals surface area contributed by atoms with Gasteiger partial charge in [0.2, 0.25) is 12.0 Å². The Hall–Kier alpha value is -5.09. The molecule has 1 aromatic heterocycles. The summed E-state index contributed by atoms with van der Waals surface area (Å²) >= 11 is 0. The van der Waals surface area contributed by atoms with Gasteiger partial charge in [-0.3, -0.25) is 15.0 Å². The highest BCUT2D eigenvalue weighted by Gasteiger charge is 2.53. The summed E-state index contributed by atoms with van der Waals surface area (Å²) in [7, 11) is 1.26. The van der Waals surface area contributed by atoms with E-state index in [1.807, 2.05) is 12.1 Å². The molecule has 3 aromatic carbocycles. The summed E-state index contributed by atoms with van der Waals surface area (Å²) in [6.07, 6.45) is -1.64. The number of aromatic nitrogens is 2. The van der Waals surface area contributed by atoms with Gasteiger partial charge in [-0.1, -0.05) is 78.9 Å². The van der Waals surface area contributed by atoms with E-state index in [-0.39, 0.29) is 12.6 Å². The van der Waals surface area contributed by atoms with Gasteiger partial charge in [0, 0.05) is 17.0 Å². The van der Waals surface area contributed by atoms with E-state index in [0.717, 1.165) is 0 Å². The number of ether oxygens (including phenoxy) is 2. The van der Waals surface area contributed by atoms with Gasteiger partial charge in [-0.15, -0.1) is 0 Å². The fraction of sp³-hybridized carbons (Fsp3) is 0.219. The number of nitrogens with one attached hydrogen (secondary N) is 1. The van der Waals surface area contributed by atoms with Crippen molar-refractivity contribution in [2.45, 2.75) is 31.5 Å². The molecular formula is C32H30N4O6. The van der Waals surface area contributed by atoms with Gasteiger partial charge in [0.25, 0.3) is 0 Å². The Bertz CT molecular complexity index is 1590. The molecule has 0 spiro atoms. The molecule has 0 bridgehead atoms. The van der Waals surface area contributed by atoms with Crippen molar-refractivity contribution in [3.63, 3.8) is 0 Å². The van der Waals surface area contributed by atoms with E-state index in [9.17, 15) is 19.5 Å². The first kappa shape index (κ1) is 28.4. The van der Waals surface area contributed by atoms with Crippen LogP contribution in [0.1, 0.15) is 34.1 Å². The number of carbonyl (C=O) groups is 3. The molecule has 5 rings (SSSR count). The number of hydrogen-bond acceptors (Lipinski definition) is 8. The second-order valence-corrected chi connectivity index (χ2v) is 9.91. The van der Waals surface area contributed by atoms with Crippen LogP contribution in [-0.2, 0) is 24.7 Å². The van der Waals surface area contributed by atoms with E-state index >= 15 is 0 Å². The van der Waals surface area contributed by atoms with Gasteiger partial charge in [0.05, 0.1) is 19.3 Å². The summed E-state index contributed by atoms with van der Waals surface area (Å²) in [5.41, 5.74) is 1.39. The zero-order valence-corrected chi connectivity index (χ0v) is 23.4. The Labute approximate surface area is 243 Å². The smallest absolute Gasteiger partial charge is 0.347 e. The number of rotatable bonds is 8. The van der Waals surface area contributed by atoms with Gasteiger partial charge in [0.1, 0.15) is 5.54 Å². The van der Waals surface area contributed by atoms with Crippen molar-refractivity contribution >= 4 is 23.5 Å². The molecule has 0 aliphatic carbocycles. The first-order valence-corrected chi connectivity index (χ1v) is 13.3. The minimum Gasteiger partial charge on any atom is -0.478 e. The van der Waals surface area contributed by atoms with Crippen molar-refractivity contribution in [3.8, 4) is 6.01 Å². The molecule has 42 heavy (non-hydrogen) atoms. The second kappa shape index (κ2) is 11.8. The predicted octanol–water partition coefficient (Wildman–Crippen LogP) is 3.72. The molecule has 1 aliphatic heterocycles. The monoisotopic (exact) mass is 566 g/mol. The Morgan fingerprint density at radius 3 is 2.14 bits per heavy atom. The minimum atomic E-state index is -1.64. The number of anilines is 1. The van der Waals surface area contributed by atoms with Gasteiger partial charge in [0.15, 0.2) is 6.04 Å². The molecule has 0 fully saturated rings. The van der Waals surface area contributed by atoms with E-state index in [1.54, 1.807) is 92.7 Å². The van der Waals surface area contributed by atoms with Crippen LogP contribution in [0.3, 0.4) is 0 Å². The lowest BCUT2D eigenvalue weighted by Gasteiger charge is -2.39. The highest BCUT2D eigenvalue weighted by atomic mass is 16.5. The SMILES string of the molecule is COC(=O)C(c1ccccc1)N1C(=O)CN[C@](c2ccccc2)([C@H](Oc2nc(C)cc(C)n2)C(=O)O)c2ccccc21. The highest BCUT2D eigenvalue weighted by Crippen LogP contribution is 2.44. The second-order valence-electron chi connectivity index (χ2n) is 9.91. The molecule has 1 aliphatic rings. The van der Waals surface area contributed by atoms with Crippen molar-refractivity contribution in [2.75, 3.05) is 18.6 Å². The number of nitrogens with zero attached hydrogens (tertiary/aromatic N) is 3. The maximum absolute atomic E-state index is 14.0. The summed E-state index contributed by atoms with van der Waals surface area (Å²) < 4.78 is 11.3. The number of esters is 1. The standard InChI is InChI=1S/C32H30N4O6/c1-20-18-21(2)35-31(34-20)42-28(29(38)39)32(23-14-8-5-9-15-23)24-16-10-11-17-25(24)36(26(37)19-33-32)27(30(40)41-3)22-12-6-4-7-13-22/h4-18,27-28,33H,19H2,1-3H3,(H,38,39)/t27?,28-,32+/m1/s1. The van der Waals surface area contributed by atoms with Crippen molar-refractivity contribution < 1.29 is 29.0 Å². The van der Waals surface area contributed by atoms with Crippen LogP contribution < -0.4 is 15.0 Å². The fourth-order valence-corrected chi connectivity index (χ4v) is 5.49. The fourth-order valence-electron chi connectivity index (χ4n) is 5.49. The van der Waals surface area contributed by atoms with Gasteiger partial charge >= 0.3 is 17.9 Å². The Morgan fingerprint density at radius 1 is 0.929 bits per heavy atom. The normalized spacial score (nSPS) is 17.9.